The highest BCUT2D eigenvalue weighted by atomic mass is 14.2. The van der Waals surface area contributed by atoms with Gasteiger partial charge in [-0.25, -0.2) is 0 Å². The topological polar surface area (TPSA) is 0 Å². The van der Waals surface area contributed by atoms with Crippen molar-refractivity contribution in [2.45, 2.75) is 13.8 Å². The summed E-state index contributed by atoms with van der Waals surface area (Å²) < 4.78 is 0. The second kappa shape index (κ2) is 5.71. The van der Waals surface area contributed by atoms with Gasteiger partial charge in [-0.1, -0.05) is 78.9 Å². The van der Waals surface area contributed by atoms with Crippen LogP contribution in [0.5, 0.6) is 0 Å². The number of benzene rings is 5. The van der Waals surface area contributed by atoms with E-state index in [2.05, 4.69) is 98.8 Å². The smallest absolute Gasteiger partial charge is 0.00178 e. The van der Waals surface area contributed by atoms with E-state index in [1.54, 1.807) is 0 Å². The van der Waals surface area contributed by atoms with Crippen molar-refractivity contribution in [1.29, 1.82) is 0 Å². The minimum absolute atomic E-state index is 1.30. The molecule has 0 saturated carbocycles. The van der Waals surface area contributed by atoms with Gasteiger partial charge in [0.1, 0.15) is 0 Å². The fourth-order valence-corrected chi connectivity index (χ4v) is 4.20. The van der Waals surface area contributed by atoms with Gasteiger partial charge in [-0.15, -0.1) is 0 Å². The van der Waals surface area contributed by atoms with Crippen molar-refractivity contribution in [1.82, 2.24) is 0 Å². The molecule has 0 saturated heterocycles. The lowest BCUT2D eigenvalue weighted by atomic mass is 9.85. The summed E-state index contributed by atoms with van der Waals surface area (Å²) in [7, 11) is 0. The summed E-state index contributed by atoms with van der Waals surface area (Å²) >= 11 is 0. The summed E-state index contributed by atoms with van der Waals surface area (Å²) in [5.74, 6) is 0. The molecule has 0 aliphatic carbocycles. The Morgan fingerprint density at radius 2 is 0.885 bits per heavy atom. The van der Waals surface area contributed by atoms with Crippen molar-refractivity contribution in [2.24, 2.45) is 0 Å². The molecule has 0 fully saturated rings. The standard InChI is InChI=1S/C26H20/c1-17-15-19-9-3-6-12-22(19)25(18(17)2)26-23-13-7-4-10-20(23)16-21-11-5-8-14-24(21)26/h3-16H,1-2H3. The van der Waals surface area contributed by atoms with Gasteiger partial charge in [0.15, 0.2) is 0 Å². The number of hydrogen-bond acceptors (Lipinski definition) is 0. The summed E-state index contributed by atoms with van der Waals surface area (Å²) in [6, 6.07) is 30.9. The van der Waals surface area contributed by atoms with Crippen molar-refractivity contribution in [3.8, 4) is 11.1 Å². The van der Waals surface area contributed by atoms with Crippen LogP contribution in [0.15, 0.2) is 84.9 Å². The molecule has 0 nitrogen and oxygen atoms in total. The summed E-state index contributed by atoms with van der Waals surface area (Å²) in [4.78, 5) is 0. The third-order valence-electron chi connectivity index (χ3n) is 5.59. The molecular weight excluding hydrogens is 312 g/mol. The first-order chi connectivity index (χ1) is 12.7. The normalized spacial score (nSPS) is 11.5. The molecule has 0 heteroatoms. The average Bonchev–Trinajstić information content (AvgIpc) is 2.68. The number of aryl methyl sites for hydroxylation is 1. The second-order valence-corrected chi connectivity index (χ2v) is 7.11. The number of fused-ring (bicyclic) bond motifs is 3. The number of rotatable bonds is 1. The Labute approximate surface area is 153 Å². The van der Waals surface area contributed by atoms with Gasteiger partial charge in [0, 0.05) is 0 Å². The van der Waals surface area contributed by atoms with Gasteiger partial charge in [0.25, 0.3) is 0 Å². The van der Waals surface area contributed by atoms with Gasteiger partial charge >= 0.3 is 0 Å². The van der Waals surface area contributed by atoms with E-state index in [-0.39, 0.29) is 0 Å². The van der Waals surface area contributed by atoms with Crippen LogP contribution in [0.1, 0.15) is 11.1 Å². The Morgan fingerprint density at radius 3 is 1.42 bits per heavy atom. The Morgan fingerprint density at radius 1 is 0.462 bits per heavy atom. The van der Waals surface area contributed by atoms with Gasteiger partial charge in [-0.3, -0.25) is 0 Å². The first kappa shape index (κ1) is 15.2. The Kier molecular flexibility index (Phi) is 3.33. The number of hydrogen-bond donors (Lipinski definition) is 0. The molecule has 0 bridgehead atoms. The molecule has 0 aliphatic rings. The lowest BCUT2D eigenvalue weighted by Gasteiger charge is -2.18. The molecule has 0 N–H and O–H groups in total. The van der Waals surface area contributed by atoms with Crippen LogP contribution in [0, 0.1) is 13.8 Å². The van der Waals surface area contributed by atoms with E-state index < -0.39 is 0 Å². The maximum absolute atomic E-state index is 2.31. The third kappa shape index (κ3) is 2.16. The molecule has 26 heavy (non-hydrogen) atoms. The minimum atomic E-state index is 1.30. The van der Waals surface area contributed by atoms with Crippen LogP contribution >= 0.6 is 0 Å². The van der Waals surface area contributed by atoms with E-state index in [1.165, 1.54) is 54.6 Å². The molecule has 0 aliphatic heterocycles. The largest absolute Gasteiger partial charge is 0.0616 e. The SMILES string of the molecule is Cc1cc2ccccc2c(-c2c3ccccc3cc3ccccc23)c1C. The molecule has 0 spiro atoms. The van der Waals surface area contributed by atoms with Crippen LogP contribution in [0.25, 0.3) is 43.4 Å². The van der Waals surface area contributed by atoms with Crippen molar-refractivity contribution in [3.05, 3.63) is 96.1 Å². The van der Waals surface area contributed by atoms with Crippen molar-refractivity contribution in [2.75, 3.05) is 0 Å². The van der Waals surface area contributed by atoms with Gasteiger partial charge in [0.05, 0.1) is 0 Å². The van der Waals surface area contributed by atoms with E-state index in [0.29, 0.717) is 0 Å². The fraction of sp³-hybridized carbons (Fsp3) is 0.0769. The Bertz CT molecular complexity index is 1240. The quantitative estimate of drug-likeness (QED) is 0.280. The zero-order chi connectivity index (χ0) is 17.7. The van der Waals surface area contributed by atoms with Crippen LogP contribution in [0.2, 0.25) is 0 Å². The molecule has 5 rings (SSSR count). The molecule has 0 amide bonds. The Balaban J connectivity index is 2.08. The Hall–Kier alpha value is -3.12. The lowest BCUT2D eigenvalue weighted by Crippen LogP contribution is -1.93. The molecule has 0 heterocycles. The molecular formula is C26H20. The van der Waals surface area contributed by atoms with Crippen LogP contribution in [-0.4, -0.2) is 0 Å². The van der Waals surface area contributed by atoms with Gasteiger partial charge in [-0.2, -0.15) is 0 Å². The average molecular weight is 332 g/mol. The molecule has 0 radical (unpaired) electrons. The molecule has 124 valence electrons. The molecule has 0 aromatic heterocycles. The summed E-state index contributed by atoms with van der Waals surface area (Å²) in [5, 5.41) is 7.88. The van der Waals surface area contributed by atoms with Crippen molar-refractivity contribution >= 4 is 32.3 Å². The van der Waals surface area contributed by atoms with Crippen molar-refractivity contribution in [3.63, 3.8) is 0 Å². The third-order valence-corrected chi connectivity index (χ3v) is 5.59. The van der Waals surface area contributed by atoms with Crippen molar-refractivity contribution < 1.29 is 0 Å². The lowest BCUT2D eigenvalue weighted by molar-refractivity contribution is 1.37. The predicted octanol–water partition coefficient (Wildman–Crippen LogP) is 7.43. The fourth-order valence-electron chi connectivity index (χ4n) is 4.20. The molecule has 5 aromatic carbocycles. The maximum atomic E-state index is 2.31. The highest BCUT2D eigenvalue weighted by molar-refractivity contribution is 6.17. The first-order valence-corrected chi connectivity index (χ1v) is 9.14. The van der Waals surface area contributed by atoms with E-state index in [1.807, 2.05) is 0 Å². The molecule has 0 unspecified atom stereocenters. The van der Waals surface area contributed by atoms with Crippen LogP contribution < -0.4 is 0 Å². The zero-order valence-electron chi connectivity index (χ0n) is 15.1. The summed E-state index contributed by atoms with van der Waals surface area (Å²) in [5.41, 5.74) is 5.44. The maximum Gasteiger partial charge on any atom is -0.00178 e. The molecule has 5 aromatic rings. The highest BCUT2D eigenvalue weighted by Crippen LogP contribution is 2.42. The van der Waals surface area contributed by atoms with Crippen LogP contribution in [-0.2, 0) is 0 Å². The summed E-state index contributed by atoms with van der Waals surface area (Å²) in [6.07, 6.45) is 0. The van der Waals surface area contributed by atoms with E-state index in [4.69, 9.17) is 0 Å². The van der Waals surface area contributed by atoms with Crippen LogP contribution in [0.3, 0.4) is 0 Å². The van der Waals surface area contributed by atoms with Crippen LogP contribution in [0.4, 0.5) is 0 Å². The van der Waals surface area contributed by atoms with E-state index in [9.17, 15) is 0 Å². The highest BCUT2D eigenvalue weighted by Gasteiger charge is 2.15. The first-order valence-electron chi connectivity index (χ1n) is 9.14. The van der Waals surface area contributed by atoms with Gasteiger partial charge < -0.3 is 0 Å². The predicted molar refractivity (Wildman–Crippen MR) is 114 cm³/mol. The van der Waals surface area contributed by atoms with Gasteiger partial charge in [0.2, 0.25) is 0 Å². The van der Waals surface area contributed by atoms with Gasteiger partial charge in [-0.05, 0) is 74.5 Å². The van der Waals surface area contributed by atoms with E-state index >= 15 is 0 Å². The molecule has 0 atom stereocenters. The second-order valence-electron chi connectivity index (χ2n) is 7.11. The summed E-state index contributed by atoms with van der Waals surface area (Å²) in [6.45, 7) is 4.48. The zero-order valence-corrected chi connectivity index (χ0v) is 15.1. The monoisotopic (exact) mass is 332 g/mol. The van der Waals surface area contributed by atoms with E-state index in [0.717, 1.165) is 0 Å². The minimum Gasteiger partial charge on any atom is -0.0616 e.